The number of hydrogen-bond donors (Lipinski definition) is 0. The largest absolute Gasteiger partial charge is 0.340 e. The van der Waals surface area contributed by atoms with E-state index in [2.05, 4.69) is 32.0 Å². The topological polar surface area (TPSA) is 85.5 Å². The van der Waals surface area contributed by atoms with Crippen molar-refractivity contribution in [2.45, 2.75) is 19.0 Å². The number of amides is 1. The van der Waals surface area contributed by atoms with Crippen LogP contribution >= 0.6 is 11.3 Å². The molecule has 0 bridgehead atoms. The quantitative estimate of drug-likeness (QED) is 0.794. The van der Waals surface area contributed by atoms with Crippen LogP contribution in [0, 0.1) is 11.3 Å². The molecule has 8 heteroatoms. The highest BCUT2D eigenvalue weighted by atomic mass is 32.1. The Labute approximate surface area is 167 Å². The highest BCUT2D eigenvalue weighted by Crippen LogP contribution is 2.38. The van der Waals surface area contributed by atoms with Gasteiger partial charge >= 0.3 is 0 Å². The molecule has 142 valence electrons. The summed E-state index contributed by atoms with van der Waals surface area (Å²) < 4.78 is 0. The van der Waals surface area contributed by atoms with Gasteiger partial charge in [0.1, 0.15) is 16.0 Å². The lowest BCUT2D eigenvalue weighted by molar-refractivity contribution is -0.130. The number of thiazole rings is 1. The first-order chi connectivity index (χ1) is 13.6. The number of pyridine rings is 1. The molecule has 0 radical (unpaired) electrons. The maximum Gasteiger partial charge on any atom is 0.219 e. The third-order valence-electron chi connectivity index (χ3n) is 5.08. The molecule has 0 aliphatic carbocycles. The van der Waals surface area contributed by atoms with Crippen LogP contribution in [0.4, 0.5) is 0 Å². The van der Waals surface area contributed by atoms with E-state index in [1.54, 1.807) is 25.5 Å². The molecule has 1 unspecified atom stereocenters. The van der Waals surface area contributed by atoms with Gasteiger partial charge in [-0.05, 0) is 29.8 Å². The molecular formula is C20H20N6OS. The molecule has 7 nitrogen and oxygen atoms in total. The minimum atomic E-state index is -0.761. The van der Waals surface area contributed by atoms with Crippen molar-refractivity contribution in [1.82, 2.24) is 19.8 Å². The molecule has 1 fully saturated rings. The molecule has 2 aliphatic heterocycles. The molecule has 4 heterocycles. The van der Waals surface area contributed by atoms with E-state index in [-0.39, 0.29) is 5.91 Å². The van der Waals surface area contributed by atoms with Crippen LogP contribution in [0.15, 0.2) is 41.7 Å². The molecule has 0 spiro atoms. The van der Waals surface area contributed by atoms with Crippen molar-refractivity contribution in [2.75, 3.05) is 26.2 Å². The molecule has 2 aliphatic rings. The molecule has 4 rings (SSSR count). The predicted octanol–water partition coefficient (Wildman–Crippen LogP) is 1.96. The van der Waals surface area contributed by atoms with Crippen LogP contribution in [-0.2, 0) is 16.9 Å². The van der Waals surface area contributed by atoms with Crippen LogP contribution in [-0.4, -0.2) is 58.1 Å². The molecule has 2 aromatic heterocycles. The second kappa shape index (κ2) is 7.62. The van der Waals surface area contributed by atoms with Gasteiger partial charge in [-0.25, -0.2) is 4.98 Å². The van der Waals surface area contributed by atoms with Gasteiger partial charge in [-0.1, -0.05) is 0 Å². The van der Waals surface area contributed by atoms with E-state index >= 15 is 0 Å². The average molecular weight is 392 g/mol. The van der Waals surface area contributed by atoms with Crippen molar-refractivity contribution in [3.05, 3.63) is 57.8 Å². The van der Waals surface area contributed by atoms with Gasteiger partial charge in [0.25, 0.3) is 0 Å². The first-order valence-corrected chi connectivity index (χ1v) is 9.95. The van der Waals surface area contributed by atoms with Crippen molar-refractivity contribution < 1.29 is 4.79 Å². The fraction of sp³-hybridized carbons (Fsp3) is 0.350. The number of hydrogen-bond acceptors (Lipinski definition) is 7. The van der Waals surface area contributed by atoms with Crippen molar-refractivity contribution in [2.24, 2.45) is 4.99 Å². The summed E-state index contributed by atoms with van der Waals surface area (Å²) in [7, 11) is 0. The van der Waals surface area contributed by atoms with E-state index in [1.165, 1.54) is 11.3 Å². The number of aliphatic imine (C=N–C) groups is 1. The molecule has 0 saturated carbocycles. The number of rotatable bonds is 4. The number of piperazine rings is 1. The van der Waals surface area contributed by atoms with Gasteiger partial charge in [-0.2, -0.15) is 5.26 Å². The first-order valence-electron chi connectivity index (χ1n) is 9.13. The number of carbonyl (C=O) groups excluding carboxylic acids is 1. The Balaban J connectivity index is 1.56. The first kappa shape index (κ1) is 18.5. The third kappa shape index (κ3) is 3.46. The summed E-state index contributed by atoms with van der Waals surface area (Å²) in [4.78, 5) is 30.0. The number of carbonyl (C=O) groups is 1. The van der Waals surface area contributed by atoms with Crippen LogP contribution in [0.25, 0.3) is 0 Å². The minimum absolute atomic E-state index is 0.138. The third-order valence-corrected chi connectivity index (χ3v) is 6.11. The summed E-state index contributed by atoms with van der Waals surface area (Å²) in [6.07, 6.45) is 9.01. The van der Waals surface area contributed by atoms with Gasteiger partial charge in [0.2, 0.25) is 5.91 Å². The highest BCUT2D eigenvalue weighted by molar-refractivity contribution is 7.12. The molecule has 0 N–H and O–H groups in total. The van der Waals surface area contributed by atoms with Gasteiger partial charge in [-0.3, -0.25) is 19.7 Å². The fourth-order valence-corrected chi connectivity index (χ4v) is 4.38. The van der Waals surface area contributed by atoms with Crippen LogP contribution in [0.5, 0.6) is 0 Å². The van der Waals surface area contributed by atoms with E-state index in [0.717, 1.165) is 49.0 Å². The second-order valence-corrected chi connectivity index (χ2v) is 7.91. The average Bonchev–Trinajstić information content (AvgIpc) is 3.39. The molecule has 28 heavy (non-hydrogen) atoms. The van der Waals surface area contributed by atoms with E-state index in [0.29, 0.717) is 4.88 Å². The van der Waals surface area contributed by atoms with Crippen LogP contribution < -0.4 is 0 Å². The van der Waals surface area contributed by atoms with Gasteiger partial charge < -0.3 is 4.90 Å². The Morgan fingerprint density at radius 2 is 2.14 bits per heavy atom. The molecular weight excluding hydrogens is 372 g/mol. The Morgan fingerprint density at radius 1 is 1.32 bits per heavy atom. The van der Waals surface area contributed by atoms with Crippen molar-refractivity contribution >= 4 is 23.5 Å². The van der Waals surface area contributed by atoms with Crippen molar-refractivity contribution in [3.8, 4) is 6.07 Å². The summed E-state index contributed by atoms with van der Waals surface area (Å²) in [6, 6.07) is 6.22. The standard InChI is InChI=1S/C20H20N6OS/c1-15(27)26-9-7-25(8-10-26)14-16-3-6-22-18(11-16)20(4-2-5-24-20)19-23-13-17(12-21)28-19/h2-6,11,13H,7-10,14H2,1H3. The van der Waals surface area contributed by atoms with Crippen molar-refractivity contribution in [3.63, 3.8) is 0 Å². The summed E-state index contributed by atoms with van der Waals surface area (Å²) in [5.41, 5.74) is 1.19. The zero-order valence-corrected chi connectivity index (χ0v) is 16.4. The number of nitrogens with zero attached hydrogens (tertiary/aromatic N) is 6. The summed E-state index contributed by atoms with van der Waals surface area (Å²) >= 11 is 1.34. The van der Waals surface area contributed by atoms with Gasteiger partial charge in [-0.15, -0.1) is 11.3 Å². The maximum atomic E-state index is 11.5. The van der Waals surface area contributed by atoms with Crippen LogP contribution in [0.3, 0.4) is 0 Å². The Hall–Kier alpha value is -2.89. The normalized spacial score (nSPS) is 21.8. The fourth-order valence-electron chi connectivity index (χ4n) is 3.54. The molecule has 1 saturated heterocycles. The Kier molecular flexibility index (Phi) is 5.03. The van der Waals surface area contributed by atoms with Crippen LogP contribution in [0.2, 0.25) is 0 Å². The lowest BCUT2D eigenvalue weighted by atomic mass is 9.95. The highest BCUT2D eigenvalue weighted by Gasteiger charge is 2.37. The number of nitriles is 1. The minimum Gasteiger partial charge on any atom is -0.340 e. The maximum absolute atomic E-state index is 11.5. The van der Waals surface area contributed by atoms with E-state index in [1.807, 2.05) is 23.1 Å². The zero-order valence-electron chi connectivity index (χ0n) is 15.6. The zero-order chi connectivity index (χ0) is 19.6. The SMILES string of the molecule is CC(=O)N1CCN(Cc2ccnc(C3(c4ncc(C#N)s4)C=CC=N3)c2)CC1. The molecule has 1 atom stereocenters. The Bertz CT molecular complexity index is 969. The molecule has 2 aromatic rings. The smallest absolute Gasteiger partial charge is 0.219 e. The monoisotopic (exact) mass is 392 g/mol. The van der Waals surface area contributed by atoms with Gasteiger partial charge in [0.05, 0.1) is 11.9 Å². The lowest BCUT2D eigenvalue weighted by Crippen LogP contribution is -2.47. The van der Waals surface area contributed by atoms with Gasteiger partial charge in [0, 0.05) is 52.1 Å². The number of aromatic nitrogens is 2. The van der Waals surface area contributed by atoms with Crippen molar-refractivity contribution in [1.29, 1.82) is 5.26 Å². The van der Waals surface area contributed by atoms with E-state index in [9.17, 15) is 4.79 Å². The van der Waals surface area contributed by atoms with E-state index in [4.69, 9.17) is 5.26 Å². The summed E-state index contributed by atoms with van der Waals surface area (Å²) in [6.45, 7) is 5.67. The molecule has 0 aromatic carbocycles. The summed E-state index contributed by atoms with van der Waals surface area (Å²) in [5, 5.41) is 9.89. The lowest BCUT2D eigenvalue weighted by Gasteiger charge is -2.34. The van der Waals surface area contributed by atoms with E-state index < -0.39 is 5.54 Å². The predicted molar refractivity (Wildman–Crippen MR) is 107 cm³/mol. The van der Waals surface area contributed by atoms with Crippen LogP contribution in [0.1, 0.15) is 28.1 Å². The number of allylic oxidation sites excluding steroid dienone is 1. The Morgan fingerprint density at radius 3 is 2.79 bits per heavy atom. The second-order valence-electron chi connectivity index (χ2n) is 6.88. The molecule has 1 amide bonds. The van der Waals surface area contributed by atoms with Gasteiger partial charge in [0.15, 0.2) is 5.54 Å². The summed E-state index contributed by atoms with van der Waals surface area (Å²) in [5.74, 6) is 0.138.